The van der Waals surface area contributed by atoms with Crippen LogP contribution in [0.4, 0.5) is 5.13 Å². The van der Waals surface area contributed by atoms with E-state index in [4.69, 9.17) is 0 Å². The van der Waals surface area contributed by atoms with Crippen molar-refractivity contribution in [1.29, 1.82) is 0 Å². The number of carbonyl (C=O) groups excluding carboxylic acids is 1. The summed E-state index contributed by atoms with van der Waals surface area (Å²) in [5, 5.41) is 5.77. The Morgan fingerprint density at radius 1 is 1.22 bits per heavy atom. The highest BCUT2D eigenvalue weighted by Gasteiger charge is 2.21. The molecule has 4 heteroatoms. The van der Waals surface area contributed by atoms with Gasteiger partial charge in [-0.2, -0.15) is 0 Å². The Balaban J connectivity index is 1.63. The maximum absolute atomic E-state index is 12.7. The summed E-state index contributed by atoms with van der Waals surface area (Å²) in [4.78, 5) is 18.6. The van der Waals surface area contributed by atoms with Crippen LogP contribution in [0.2, 0.25) is 0 Å². The first-order chi connectivity index (χ1) is 11.2. The summed E-state index contributed by atoms with van der Waals surface area (Å²) >= 11 is 1.62. The zero-order chi connectivity index (χ0) is 15.8. The van der Waals surface area contributed by atoms with Crippen LogP contribution in [-0.4, -0.2) is 10.9 Å². The third kappa shape index (κ3) is 2.75. The standard InChI is InChI=1S/C19H18N2OS/c1-12-9-10-16-17(11-12)23-19(20-16)21-18(22)15-8-4-6-13-5-2-3-7-14(13)15/h2-8,12H,9-11H2,1H3,(H,20,21,22)/t12-/m0/s1. The monoisotopic (exact) mass is 322 g/mol. The van der Waals surface area contributed by atoms with Gasteiger partial charge in [-0.05, 0) is 42.0 Å². The second-order valence-corrected chi connectivity index (χ2v) is 7.30. The molecular weight excluding hydrogens is 304 g/mol. The topological polar surface area (TPSA) is 42.0 Å². The van der Waals surface area contributed by atoms with Crippen molar-refractivity contribution < 1.29 is 4.79 Å². The number of fused-ring (bicyclic) bond motifs is 2. The molecule has 0 radical (unpaired) electrons. The molecule has 0 unspecified atom stereocenters. The molecule has 1 aliphatic carbocycles. The third-order valence-electron chi connectivity index (χ3n) is 4.44. The highest BCUT2D eigenvalue weighted by Crippen LogP contribution is 2.32. The summed E-state index contributed by atoms with van der Waals surface area (Å²) in [6, 6.07) is 13.8. The molecule has 1 amide bonds. The van der Waals surface area contributed by atoms with Crippen molar-refractivity contribution in [3.63, 3.8) is 0 Å². The van der Waals surface area contributed by atoms with Crippen molar-refractivity contribution in [2.75, 3.05) is 5.32 Å². The van der Waals surface area contributed by atoms with Gasteiger partial charge in [-0.1, -0.05) is 43.3 Å². The lowest BCUT2D eigenvalue weighted by molar-refractivity contribution is 0.102. The Morgan fingerprint density at radius 3 is 2.96 bits per heavy atom. The summed E-state index contributed by atoms with van der Waals surface area (Å²) < 4.78 is 0. The molecule has 1 atom stereocenters. The van der Waals surface area contributed by atoms with Crippen molar-refractivity contribution >= 4 is 33.1 Å². The van der Waals surface area contributed by atoms with Crippen LogP contribution in [0.25, 0.3) is 10.8 Å². The number of aromatic nitrogens is 1. The minimum Gasteiger partial charge on any atom is -0.298 e. The second-order valence-electron chi connectivity index (χ2n) is 6.22. The molecule has 0 saturated carbocycles. The van der Waals surface area contributed by atoms with E-state index in [0.29, 0.717) is 11.5 Å². The normalized spacial score (nSPS) is 17.0. The van der Waals surface area contributed by atoms with E-state index in [1.165, 1.54) is 17.0 Å². The minimum atomic E-state index is -0.0825. The number of hydrogen-bond acceptors (Lipinski definition) is 3. The summed E-state index contributed by atoms with van der Waals surface area (Å²) in [6.45, 7) is 2.27. The lowest BCUT2D eigenvalue weighted by Crippen LogP contribution is -2.12. The zero-order valence-electron chi connectivity index (χ0n) is 13.0. The summed E-state index contributed by atoms with van der Waals surface area (Å²) in [6.07, 6.45) is 3.29. The van der Waals surface area contributed by atoms with E-state index in [9.17, 15) is 4.79 Å². The van der Waals surface area contributed by atoms with Gasteiger partial charge < -0.3 is 0 Å². The Morgan fingerprint density at radius 2 is 2.04 bits per heavy atom. The summed E-state index contributed by atoms with van der Waals surface area (Å²) in [5.41, 5.74) is 1.87. The molecule has 2 aromatic carbocycles. The lowest BCUT2D eigenvalue weighted by atomic mass is 9.93. The number of aryl methyl sites for hydroxylation is 1. The highest BCUT2D eigenvalue weighted by atomic mass is 32.1. The van der Waals surface area contributed by atoms with Gasteiger partial charge in [0.2, 0.25) is 0 Å². The predicted molar refractivity (Wildman–Crippen MR) is 95.2 cm³/mol. The van der Waals surface area contributed by atoms with E-state index < -0.39 is 0 Å². The van der Waals surface area contributed by atoms with E-state index in [1.807, 2.05) is 42.5 Å². The van der Waals surface area contributed by atoms with Crippen LogP contribution in [0.5, 0.6) is 0 Å². The van der Waals surface area contributed by atoms with E-state index in [1.54, 1.807) is 11.3 Å². The number of nitrogens with zero attached hydrogens (tertiary/aromatic N) is 1. The smallest absolute Gasteiger partial charge is 0.258 e. The van der Waals surface area contributed by atoms with Gasteiger partial charge in [0.25, 0.3) is 5.91 Å². The van der Waals surface area contributed by atoms with Crippen LogP contribution in [0, 0.1) is 5.92 Å². The van der Waals surface area contributed by atoms with Gasteiger partial charge in [-0.15, -0.1) is 11.3 Å². The zero-order valence-corrected chi connectivity index (χ0v) is 13.8. The molecule has 4 rings (SSSR count). The first-order valence-electron chi connectivity index (χ1n) is 7.98. The highest BCUT2D eigenvalue weighted by molar-refractivity contribution is 7.15. The number of benzene rings is 2. The molecule has 0 aliphatic heterocycles. The molecule has 0 bridgehead atoms. The molecule has 3 nitrogen and oxygen atoms in total. The molecule has 0 fully saturated rings. The van der Waals surface area contributed by atoms with Gasteiger partial charge in [-0.25, -0.2) is 4.98 Å². The van der Waals surface area contributed by atoms with Crippen molar-refractivity contribution in [1.82, 2.24) is 4.98 Å². The first kappa shape index (κ1) is 14.4. The largest absolute Gasteiger partial charge is 0.298 e. The Labute approximate surface area is 139 Å². The van der Waals surface area contributed by atoms with Crippen LogP contribution in [0.15, 0.2) is 42.5 Å². The summed E-state index contributed by atoms with van der Waals surface area (Å²) in [7, 11) is 0. The average Bonchev–Trinajstić information content (AvgIpc) is 2.95. The molecule has 1 aromatic heterocycles. The molecule has 23 heavy (non-hydrogen) atoms. The van der Waals surface area contributed by atoms with E-state index >= 15 is 0 Å². The maximum atomic E-state index is 12.7. The fourth-order valence-electron chi connectivity index (χ4n) is 3.18. The first-order valence-corrected chi connectivity index (χ1v) is 8.80. The molecule has 1 aliphatic rings. The lowest BCUT2D eigenvalue weighted by Gasteiger charge is -2.15. The number of nitrogens with one attached hydrogen (secondary N) is 1. The van der Waals surface area contributed by atoms with Gasteiger partial charge >= 0.3 is 0 Å². The van der Waals surface area contributed by atoms with Crippen LogP contribution >= 0.6 is 11.3 Å². The molecule has 116 valence electrons. The number of amides is 1. The van der Waals surface area contributed by atoms with Gasteiger partial charge in [0.05, 0.1) is 5.69 Å². The minimum absolute atomic E-state index is 0.0825. The molecule has 1 N–H and O–H groups in total. The summed E-state index contributed by atoms with van der Waals surface area (Å²) in [5.74, 6) is 0.630. The maximum Gasteiger partial charge on any atom is 0.258 e. The van der Waals surface area contributed by atoms with E-state index in [0.717, 1.165) is 28.7 Å². The quantitative estimate of drug-likeness (QED) is 0.745. The predicted octanol–water partition coefficient (Wildman–Crippen LogP) is 4.67. The Kier molecular flexibility index (Phi) is 3.62. The third-order valence-corrected chi connectivity index (χ3v) is 5.48. The SMILES string of the molecule is C[C@H]1CCc2nc(NC(=O)c3cccc4ccccc34)sc2C1. The van der Waals surface area contributed by atoms with E-state index in [-0.39, 0.29) is 5.91 Å². The van der Waals surface area contributed by atoms with Crippen molar-refractivity contribution in [2.45, 2.75) is 26.2 Å². The fourth-order valence-corrected chi connectivity index (χ4v) is 4.35. The van der Waals surface area contributed by atoms with Gasteiger partial charge in [-0.3, -0.25) is 10.1 Å². The molecular formula is C19H18N2OS. The van der Waals surface area contributed by atoms with Gasteiger partial charge in [0, 0.05) is 10.4 Å². The fraction of sp³-hybridized carbons (Fsp3) is 0.263. The Hall–Kier alpha value is -2.20. The molecule has 3 aromatic rings. The number of carbonyl (C=O) groups is 1. The van der Waals surface area contributed by atoms with Crippen LogP contribution in [-0.2, 0) is 12.8 Å². The number of rotatable bonds is 2. The Bertz CT molecular complexity index is 879. The number of thiazole rings is 1. The van der Waals surface area contributed by atoms with Gasteiger partial charge in [0.1, 0.15) is 0 Å². The van der Waals surface area contributed by atoms with Crippen molar-refractivity contribution in [3.05, 3.63) is 58.6 Å². The average molecular weight is 322 g/mol. The van der Waals surface area contributed by atoms with Crippen LogP contribution in [0.1, 0.15) is 34.3 Å². The number of hydrogen-bond donors (Lipinski definition) is 1. The van der Waals surface area contributed by atoms with Crippen molar-refractivity contribution in [3.8, 4) is 0 Å². The van der Waals surface area contributed by atoms with Crippen LogP contribution < -0.4 is 5.32 Å². The van der Waals surface area contributed by atoms with Crippen molar-refractivity contribution in [2.24, 2.45) is 5.92 Å². The second kappa shape index (κ2) is 5.78. The number of anilines is 1. The van der Waals surface area contributed by atoms with Gasteiger partial charge in [0.15, 0.2) is 5.13 Å². The molecule has 0 saturated heterocycles. The molecule has 1 heterocycles. The molecule has 0 spiro atoms. The van der Waals surface area contributed by atoms with Crippen LogP contribution in [0.3, 0.4) is 0 Å². The van der Waals surface area contributed by atoms with E-state index in [2.05, 4.69) is 17.2 Å².